The number of primary amides is 1. The average Bonchev–Trinajstić information content (AvgIpc) is 3.19. The van der Waals surface area contributed by atoms with Gasteiger partial charge in [0, 0.05) is 29.4 Å². The zero-order chi connectivity index (χ0) is 22.6. The average molecular weight is 426 g/mol. The molecule has 3 heterocycles. The summed E-state index contributed by atoms with van der Waals surface area (Å²) >= 11 is 0. The van der Waals surface area contributed by atoms with Crippen molar-refractivity contribution in [3.8, 4) is 22.4 Å². The van der Waals surface area contributed by atoms with Gasteiger partial charge in [-0.1, -0.05) is 0 Å². The lowest BCUT2D eigenvalue weighted by Gasteiger charge is -2.20. The molecule has 4 aromatic rings. The number of hydrogen-bond acceptors (Lipinski definition) is 4. The quantitative estimate of drug-likeness (QED) is 0.457. The van der Waals surface area contributed by atoms with Gasteiger partial charge in [0.25, 0.3) is 0 Å². The molecule has 1 amide bonds. The number of carbonyl (C=O) groups excluding carboxylic acids is 1. The number of aromatic amines is 1. The lowest BCUT2D eigenvalue weighted by Crippen LogP contribution is -2.24. The Kier molecular flexibility index (Phi) is 4.82. The number of benzene rings is 2. The number of H-pyrrole nitrogens is 1. The molecule has 0 saturated heterocycles. The van der Waals surface area contributed by atoms with Gasteiger partial charge >= 0.3 is 0 Å². The van der Waals surface area contributed by atoms with E-state index in [9.17, 15) is 4.79 Å². The van der Waals surface area contributed by atoms with Crippen LogP contribution in [0.15, 0.2) is 30.6 Å². The second-order valence-electron chi connectivity index (χ2n) is 8.74. The third-order valence-corrected chi connectivity index (χ3v) is 6.75. The van der Waals surface area contributed by atoms with Gasteiger partial charge < -0.3 is 16.0 Å². The van der Waals surface area contributed by atoms with Crippen molar-refractivity contribution in [2.24, 2.45) is 5.73 Å². The second-order valence-corrected chi connectivity index (χ2v) is 8.74. The Bertz CT molecular complexity index is 1400. The number of aromatic nitrogens is 3. The Morgan fingerprint density at radius 2 is 1.88 bits per heavy atom. The van der Waals surface area contributed by atoms with Crippen LogP contribution in [0.4, 0.5) is 0 Å². The normalized spacial score (nSPS) is 13.4. The molecule has 0 spiro atoms. The molecule has 6 heteroatoms. The van der Waals surface area contributed by atoms with Crippen LogP contribution in [-0.2, 0) is 13.0 Å². The molecule has 0 bridgehead atoms. The number of nitrogens with zero attached hydrogens (tertiary/aromatic N) is 2. The highest BCUT2D eigenvalue weighted by Gasteiger charge is 2.19. The predicted octanol–water partition coefficient (Wildman–Crippen LogP) is 4.27. The molecule has 162 valence electrons. The van der Waals surface area contributed by atoms with Gasteiger partial charge in [-0.3, -0.25) is 4.79 Å². The van der Waals surface area contributed by atoms with Crippen LogP contribution in [0.1, 0.15) is 43.7 Å². The lowest BCUT2D eigenvalue weighted by atomic mass is 9.90. The first-order chi connectivity index (χ1) is 15.3. The maximum Gasteiger partial charge on any atom is 0.248 e. The number of carbonyl (C=O) groups is 1. The molecule has 0 atom stereocenters. The summed E-state index contributed by atoms with van der Waals surface area (Å²) in [5.74, 6) is -0.403. The van der Waals surface area contributed by atoms with Crippen LogP contribution in [0.5, 0.6) is 0 Å². The zero-order valence-corrected chi connectivity index (χ0v) is 18.9. The molecule has 1 aliphatic heterocycles. The molecule has 5 rings (SSSR count). The van der Waals surface area contributed by atoms with Crippen molar-refractivity contribution >= 4 is 17.1 Å². The van der Waals surface area contributed by atoms with Gasteiger partial charge in [0.2, 0.25) is 5.91 Å². The van der Waals surface area contributed by atoms with E-state index in [-0.39, 0.29) is 0 Å². The van der Waals surface area contributed by atoms with E-state index in [1.165, 1.54) is 16.7 Å². The van der Waals surface area contributed by atoms with E-state index in [0.717, 1.165) is 69.7 Å². The molecule has 0 radical (unpaired) electrons. The maximum absolute atomic E-state index is 11.9. The van der Waals surface area contributed by atoms with Gasteiger partial charge in [-0.25, -0.2) is 9.97 Å². The van der Waals surface area contributed by atoms with Gasteiger partial charge in [0.1, 0.15) is 5.52 Å². The molecule has 0 aliphatic carbocycles. The molecule has 1 aliphatic rings. The number of fused-ring (bicyclic) bond motifs is 2. The minimum atomic E-state index is -0.403. The van der Waals surface area contributed by atoms with Crippen LogP contribution < -0.4 is 11.1 Å². The molecule has 32 heavy (non-hydrogen) atoms. The third-order valence-electron chi connectivity index (χ3n) is 6.75. The Morgan fingerprint density at radius 3 is 2.66 bits per heavy atom. The van der Waals surface area contributed by atoms with Gasteiger partial charge in [-0.2, -0.15) is 0 Å². The fourth-order valence-electron chi connectivity index (χ4n) is 4.92. The number of hydrogen-bond donors (Lipinski definition) is 3. The molecule has 0 unspecified atom stereocenters. The molecule has 2 aromatic heterocycles. The monoisotopic (exact) mass is 425 g/mol. The van der Waals surface area contributed by atoms with E-state index < -0.39 is 5.91 Å². The Balaban J connectivity index is 1.68. The first-order valence-electron chi connectivity index (χ1n) is 10.9. The number of nitrogens with two attached hydrogens (primary N) is 1. The van der Waals surface area contributed by atoms with Gasteiger partial charge in [0.15, 0.2) is 5.65 Å². The smallest absolute Gasteiger partial charge is 0.248 e. The SMILES string of the molecule is Cc1cc(-c2cnc3[nH]cc(-c4c(C)cc(C(N)=O)c(C)c4C)c3n2)cc2c1CNCC2. The lowest BCUT2D eigenvalue weighted by molar-refractivity contribution is 0.0999. The molecule has 0 saturated carbocycles. The summed E-state index contributed by atoms with van der Waals surface area (Å²) in [7, 11) is 0. The van der Waals surface area contributed by atoms with Crippen molar-refractivity contribution in [3.63, 3.8) is 0 Å². The summed E-state index contributed by atoms with van der Waals surface area (Å²) < 4.78 is 0. The highest BCUT2D eigenvalue weighted by Crippen LogP contribution is 2.36. The van der Waals surface area contributed by atoms with Crippen LogP contribution in [0.3, 0.4) is 0 Å². The predicted molar refractivity (Wildman–Crippen MR) is 128 cm³/mol. The summed E-state index contributed by atoms with van der Waals surface area (Å²) in [5, 5.41) is 3.45. The highest BCUT2D eigenvalue weighted by atomic mass is 16.1. The van der Waals surface area contributed by atoms with Crippen molar-refractivity contribution in [1.29, 1.82) is 0 Å². The van der Waals surface area contributed by atoms with Crippen LogP contribution in [0.2, 0.25) is 0 Å². The maximum atomic E-state index is 11.9. The van der Waals surface area contributed by atoms with Crippen molar-refractivity contribution in [2.45, 2.75) is 40.7 Å². The molecular weight excluding hydrogens is 398 g/mol. The summed E-state index contributed by atoms with van der Waals surface area (Å²) in [6.07, 6.45) is 4.82. The van der Waals surface area contributed by atoms with Crippen LogP contribution in [0, 0.1) is 27.7 Å². The van der Waals surface area contributed by atoms with E-state index in [4.69, 9.17) is 10.7 Å². The number of nitrogens with one attached hydrogen (secondary N) is 2. The first-order valence-corrected chi connectivity index (χ1v) is 10.9. The Morgan fingerprint density at radius 1 is 1.06 bits per heavy atom. The van der Waals surface area contributed by atoms with Gasteiger partial charge in [-0.15, -0.1) is 0 Å². The topological polar surface area (TPSA) is 96.7 Å². The fraction of sp³-hybridized carbons (Fsp3) is 0.269. The molecular formula is C26H27N5O. The molecule has 6 nitrogen and oxygen atoms in total. The van der Waals surface area contributed by atoms with Crippen molar-refractivity contribution in [1.82, 2.24) is 20.3 Å². The summed E-state index contributed by atoms with van der Waals surface area (Å²) in [6, 6.07) is 6.33. The Labute approximate surface area is 187 Å². The fourth-order valence-corrected chi connectivity index (χ4v) is 4.92. The van der Waals surface area contributed by atoms with Crippen LogP contribution in [0.25, 0.3) is 33.5 Å². The van der Waals surface area contributed by atoms with Crippen molar-refractivity contribution in [3.05, 3.63) is 69.5 Å². The van der Waals surface area contributed by atoms with Crippen LogP contribution in [-0.4, -0.2) is 27.4 Å². The highest BCUT2D eigenvalue weighted by molar-refractivity contribution is 5.99. The minimum absolute atomic E-state index is 0.403. The summed E-state index contributed by atoms with van der Waals surface area (Å²) in [4.78, 5) is 24.8. The second kappa shape index (κ2) is 7.57. The Hall–Kier alpha value is -3.51. The van der Waals surface area contributed by atoms with E-state index >= 15 is 0 Å². The number of amides is 1. The summed E-state index contributed by atoms with van der Waals surface area (Å²) in [5.41, 5.74) is 18.7. The van der Waals surface area contributed by atoms with Crippen molar-refractivity contribution < 1.29 is 4.79 Å². The van der Waals surface area contributed by atoms with Crippen LogP contribution >= 0.6 is 0 Å². The van der Waals surface area contributed by atoms with E-state index in [1.54, 1.807) is 0 Å². The zero-order valence-electron chi connectivity index (χ0n) is 18.9. The standard InChI is InChI=1S/C26H27N5O/c1-13-7-18(9-17-5-6-28-10-20(13)17)22-12-30-26-24(31-22)21(11-29-26)23-14(2)8-19(25(27)32)15(3)16(23)4/h7-9,11-12,28H,5-6,10H2,1-4H3,(H2,27,32)(H,29,30). The van der Waals surface area contributed by atoms with Gasteiger partial charge in [-0.05, 0) is 97.8 Å². The van der Waals surface area contributed by atoms with E-state index in [2.05, 4.69) is 34.3 Å². The summed E-state index contributed by atoms with van der Waals surface area (Å²) in [6.45, 7) is 10.1. The minimum Gasteiger partial charge on any atom is -0.366 e. The molecule has 2 aromatic carbocycles. The van der Waals surface area contributed by atoms with Crippen molar-refractivity contribution in [2.75, 3.05) is 6.54 Å². The largest absolute Gasteiger partial charge is 0.366 e. The molecule has 0 fully saturated rings. The van der Waals surface area contributed by atoms with E-state index in [0.29, 0.717) is 5.56 Å². The van der Waals surface area contributed by atoms with E-state index in [1.807, 2.05) is 39.2 Å². The molecule has 4 N–H and O–H groups in total. The van der Waals surface area contributed by atoms with Gasteiger partial charge in [0.05, 0.1) is 11.9 Å². The first kappa shape index (κ1) is 20.4. The number of aryl methyl sites for hydroxylation is 2. The number of rotatable bonds is 3. The third kappa shape index (κ3) is 3.19.